The quantitative estimate of drug-likeness (QED) is 0.408. The second-order valence-electron chi connectivity index (χ2n) is 6.71. The molecule has 160 valence electrons. The van der Waals surface area contributed by atoms with E-state index in [4.69, 9.17) is 9.47 Å². The van der Waals surface area contributed by atoms with Crippen molar-refractivity contribution in [3.63, 3.8) is 0 Å². The third-order valence-corrected chi connectivity index (χ3v) is 4.92. The van der Waals surface area contributed by atoms with E-state index in [0.717, 1.165) is 0 Å². The number of nitro benzene ring substituents is 1. The molecule has 2 heterocycles. The van der Waals surface area contributed by atoms with E-state index in [9.17, 15) is 19.7 Å². The van der Waals surface area contributed by atoms with Crippen LogP contribution in [0.5, 0.6) is 0 Å². The summed E-state index contributed by atoms with van der Waals surface area (Å²) in [7, 11) is 0. The fourth-order valence-corrected chi connectivity index (χ4v) is 3.48. The molecule has 1 aliphatic heterocycles. The number of ether oxygens (including phenoxy) is 2. The van der Waals surface area contributed by atoms with Gasteiger partial charge in [0.2, 0.25) is 0 Å². The Hall–Kier alpha value is -3.50. The predicted octanol–water partition coefficient (Wildman–Crippen LogP) is 2.34. The molecule has 1 aromatic heterocycles. The summed E-state index contributed by atoms with van der Waals surface area (Å²) in [5, 5.41) is 21.6. The van der Waals surface area contributed by atoms with Gasteiger partial charge in [-0.15, -0.1) is 5.10 Å². The SMILES string of the molecule is CCOC(=O)c1n[nH]nc1-c1cc([N+](=O)[O-])ccc1N1CCC(C(=O)OCC)CC1. The maximum atomic E-state index is 12.2. The van der Waals surface area contributed by atoms with Crippen molar-refractivity contribution < 1.29 is 24.0 Å². The third-order valence-electron chi connectivity index (χ3n) is 4.92. The van der Waals surface area contributed by atoms with Crippen molar-refractivity contribution in [2.24, 2.45) is 5.92 Å². The minimum Gasteiger partial charge on any atom is -0.466 e. The largest absolute Gasteiger partial charge is 0.466 e. The number of nitro groups is 1. The zero-order valence-electron chi connectivity index (χ0n) is 16.8. The van der Waals surface area contributed by atoms with Crippen LogP contribution in [-0.2, 0) is 14.3 Å². The van der Waals surface area contributed by atoms with Gasteiger partial charge in [-0.25, -0.2) is 4.79 Å². The number of hydrogen-bond acceptors (Lipinski definition) is 9. The van der Waals surface area contributed by atoms with Crippen LogP contribution in [0, 0.1) is 16.0 Å². The highest BCUT2D eigenvalue weighted by molar-refractivity contribution is 5.96. The van der Waals surface area contributed by atoms with E-state index in [-0.39, 0.29) is 35.6 Å². The molecular formula is C19H23N5O6. The molecule has 0 spiro atoms. The molecule has 0 unspecified atom stereocenters. The topological polar surface area (TPSA) is 141 Å². The van der Waals surface area contributed by atoms with Gasteiger partial charge in [0.25, 0.3) is 5.69 Å². The Morgan fingerprint density at radius 2 is 1.90 bits per heavy atom. The summed E-state index contributed by atoms with van der Waals surface area (Å²) in [4.78, 5) is 37.1. The molecule has 2 aromatic rings. The Bertz CT molecular complexity index is 935. The van der Waals surface area contributed by atoms with E-state index in [1.807, 2.05) is 4.90 Å². The van der Waals surface area contributed by atoms with Crippen LogP contribution in [0.3, 0.4) is 0 Å². The maximum Gasteiger partial charge on any atom is 0.361 e. The van der Waals surface area contributed by atoms with E-state index >= 15 is 0 Å². The molecule has 0 saturated carbocycles. The number of carbonyl (C=O) groups is 2. The summed E-state index contributed by atoms with van der Waals surface area (Å²) in [6, 6.07) is 4.40. The second-order valence-corrected chi connectivity index (χ2v) is 6.71. The van der Waals surface area contributed by atoms with E-state index in [1.54, 1.807) is 19.9 Å². The number of aromatic amines is 1. The van der Waals surface area contributed by atoms with Gasteiger partial charge in [-0.1, -0.05) is 0 Å². The molecular weight excluding hydrogens is 394 g/mol. The molecule has 11 nitrogen and oxygen atoms in total. The van der Waals surface area contributed by atoms with Crippen molar-refractivity contribution in [1.29, 1.82) is 0 Å². The van der Waals surface area contributed by atoms with Gasteiger partial charge in [-0.2, -0.15) is 10.3 Å². The van der Waals surface area contributed by atoms with E-state index in [1.165, 1.54) is 12.1 Å². The number of rotatable bonds is 7. The van der Waals surface area contributed by atoms with Gasteiger partial charge < -0.3 is 14.4 Å². The summed E-state index contributed by atoms with van der Waals surface area (Å²) in [6.07, 6.45) is 1.19. The van der Waals surface area contributed by atoms with Gasteiger partial charge in [0.1, 0.15) is 5.69 Å². The molecule has 1 aromatic carbocycles. The molecule has 1 N–H and O–H groups in total. The van der Waals surface area contributed by atoms with Crippen LogP contribution in [0.1, 0.15) is 37.2 Å². The number of piperidine rings is 1. The first kappa shape index (κ1) is 21.2. The molecule has 0 radical (unpaired) electrons. The first-order chi connectivity index (χ1) is 14.5. The summed E-state index contributed by atoms with van der Waals surface area (Å²) in [5.74, 6) is -1.05. The van der Waals surface area contributed by atoms with Crippen molar-refractivity contribution in [1.82, 2.24) is 15.4 Å². The van der Waals surface area contributed by atoms with Crippen LogP contribution in [0.2, 0.25) is 0 Å². The highest BCUT2D eigenvalue weighted by atomic mass is 16.6. The van der Waals surface area contributed by atoms with Crippen LogP contribution in [0.25, 0.3) is 11.3 Å². The van der Waals surface area contributed by atoms with Crippen LogP contribution in [0.15, 0.2) is 18.2 Å². The number of esters is 2. The number of anilines is 1. The average molecular weight is 417 g/mol. The third kappa shape index (κ3) is 4.39. The van der Waals surface area contributed by atoms with Crippen LogP contribution in [-0.4, -0.2) is 58.6 Å². The minimum absolute atomic E-state index is 0.0417. The first-order valence-electron chi connectivity index (χ1n) is 9.74. The van der Waals surface area contributed by atoms with Gasteiger partial charge >= 0.3 is 11.9 Å². The Kier molecular flexibility index (Phi) is 6.60. The molecule has 11 heteroatoms. The maximum absolute atomic E-state index is 12.2. The second kappa shape index (κ2) is 9.33. The summed E-state index contributed by atoms with van der Waals surface area (Å²) in [6.45, 7) is 5.06. The number of non-ortho nitro benzene ring substituents is 1. The molecule has 0 bridgehead atoms. The zero-order valence-corrected chi connectivity index (χ0v) is 16.8. The highest BCUT2D eigenvalue weighted by Gasteiger charge is 2.30. The fraction of sp³-hybridized carbons (Fsp3) is 0.474. The van der Waals surface area contributed by atoms with Gasteiger partial charge in [0.15, 0.2) is 5.69 Å². The smallest absolute Gasteiger partial charge is 0.361 e. The van der Waals surface area contributed by atoms with Crippen molar-refractivity contribution in [2.45, 2.75) is 26.7 Å². The van der Waals surface area contributed by atoms with Crippen molar-refractivity contribution in [3.05, 3.63) is 34.0 Å². The van der Waals surface area contributed by atoms with Gasteiger partial charge in [0.05, 0.1) is 24.1 Å². The summed E-state index contributed by atoms with van der Waals surface area (Å²) in [5.41, 5.74) is 1.07. The van der Waals surface area contributed by atoms with Crippen molar-refractivity contribution in [2.75, 3.05) is 31.2 Å². The number of carbonyl (C=O) groups excluding carboxylic acids is 2. The number of nitrogens with one attached hydrogen (secondary N) is 1. The normalized spacial score (nSPS) is 14.4. The summed E-state index contributed by atoms with van der Waals surface area (Å²) >= 11 is 0. The molecule has 1 fully saturated rings. The van der Waals surface area contributed by atoms with Crippen molar-refractivity contribution in [3.8, 4) is 11.3 Å². The lowest BCUT2D eigenvalue weighted by Gasteiger charge is -2.33. The average Bonchev–Trinajstić information content (AvgIpc) is 3.23. The van der Waals surface area contributed by atoms with Crippen LogP contribution < -0.4 is 4.90 Å². The number of nitrogens with zero attached hydrogens (tertiary/aromatic N) is 4. The van der Waals surface area contributed by atoms with E-state index < -0.39 is 10.9 Å². The van der Waals surface area contributed by atoms with Crippen LogP contribution >= 0.6 is 0 Å². The predicted molar refractivity (Wildman–Crippen MR) is 106 cm³/mol. The lowest BCUT2D eigenvalue weighted by molar-refractivity contribution is -0.384. The zero-order chi connectivity index (χ0) is 21.7. The van der Waals surface area contributed by atoms with Gasteiger partial charge in [-0.3, -0.25) is 14.9 Å². The lowest BCUT2D eigenvalue weighted by atomic mass is 9.95. The van der Waals surface area contributed by atoms with Crippen LogP contribution in [0.4, 0.5) is 11.4 Å². The number of aromatic nitrogens is 3. The fourth-order valence-electron chi connectivity index (χ4n) is 3.48. The molecule has 0 atom stereocenters. The van der Waals surface area contributed by atoms with E-state index in [0.29, 0.717) is 43.8 Å². The van der Waals surface area contributed by atoms with Crippen molar-refractivity contribution >= 4 is 23.3 Å². The number of benzene rings is 1. The Labute approximate surface area is 172 Å². The molecule has 3 rings (SSSR count). The molecule has 1 saturated heterocycles. The standard InChI is InChI=1S/C19H23N5O6/c1-3-29-18(25)12-7-9-23(10-8-12)15-6-5-13(24(27)28)11-14(15)16-17(21-22-20-16)19(26)30-4-2/h5-6,11-12H,3-4,7-10H2,1-2H3,(H,20,21,22). The van der Waals surface area contributed by atoms with E-state index in [2.05, 4.69) is 15.4 Å². The Balaban J connectivity index is 1.94. The van der Waals surface area contributed by atoms with Gasteiger partial charge in [-0.05, 0) is 32.8 Å². The molecule has 1 aliphatic rings. The minimum atomic E-state index is -0.667. The highest BCUT2D eigenvalue weighted by Crippen LogP contribution is 2.36. The Morgan fingerprint density at radius 3 is 2.53 bits per heavy atom. The first-order valence-corrected chi connectivity index (χ1v) is 9.74. The number of hydrogen-bond donors (Lipinski definition) is 1. The summed E-state index contributed by atoms with van der Waals surface area (Å²) < 4.78 is 10.1. The van der Waals surface area contributed by atoms with Gasteiger partial charge in [0, 0.05) is 36.5 Å². The number of H-pyrrole nitrogens is 1. The molecule has 0 aliphatic carbocycles. The molecule has 0 amide bonds. The Morgan fingerprint density at radius 1 is 1.20 bits per heavy atom. The lowest BCUT2D eigenvalue weighted by Crippen LogP contribution is -2.37. The monoisotopic (exact) mass is 417 g/mol. The molecule has 30 heavy (non-hydrogen) atoms.